The van der Waals surface area contributed by atoms with Crippen molar-refractivity contribution >= 4 is 11.5 Å². The average Bonchev–Trinajstić information content (AvgIpc) is 2.77. The van der Waals surface area contributed by atoms with Crippen LogP contribution in [0.15, 0.2) is 30.6 Å². The zero-order valence-corrected chi connectivity index (χ0v) is 11.1. The van der Waals surface area contributed by atoms with Gasteiger partial charge in [-0.25, -0.2) is 4.98 Å². The molecule has 0 aliphatic carbocycles. The van der Waals surface area contributed by atoms with Gasteiger partial charge in [-0.05, 0) is 32.0 Å². The van der Waals surface area contributed by atoms with Crippen LogP contribution in [0.4, 0.5) is 5.69 Å². The molecule has 2 N–H and O–H groups in total. The Morgan fingerprint density at radius 3 is 2.89 bits per heavy atom. The Kier molecular flexibility index (Phi) is 3.85. The van der Waals surface area contributed by atoms with Crippen LogP contribution in [-0.2, 0) is 6.54 Å². The number of Topliss-reactive ketones (excluding diaryl/α,β-unsaturated/α-hetero) is 1. The van der Waals surface area contributed by atoms with Gasteiger partial charge in [0.15, 0.2) is 5.78 Å². The Balaban J connectivity index is 2.03. The van der Waals surface area contributed by atoms with Crippen LogP contribution in [-0.4, -0.2) is 21.9 Å². The van der Waals surface area contributed by atoms with E-state index >= 15 is 0 Å². The summed E-state index contributed by atoms with van der Waals surface area (Å²) in [6.45, 7) is 4.60. The van der Waals surface area contributed by atoms with Crippen molar-refractivity contribution in [2.75, 3.05) is 12.3 Å². The fourth-order valence-electron chi connectivity index (χ4n) is 1.84. The Hall–Kier alpha value is -2.30. The molecule has 2 aromatic rings. The van der Waals surface area contributed by atoms with Crippen LogP contribution in [0.5, 0.6) is 5.75 Å². The molecular weight excluding hydrogens is 242 g/mol. The van der Waals surface area contributed by atoms with Crippen LogP contribution in [0.25, 0.3) is 0 Å². The SMILES string of the molecule is CC(=O)c1cc(N)ccc1OCCn1ccnc1C. The molecule has 1 aromatic carbocycles. The smallest absolute Gasteiger partial charge is 0.163 e. The summed E-state index contributed by atoms with van der Waals surface area (Å²) >= 11 is 0. The van der Waals surface area contributed by atoms with Gasteiger partial charge >= 0.3 is 0 Å². The number of carbonyl (C=O) groups excluding carboxylic acids is 1. The van der Waals surface area contributed by atoms with Crippen molar-refractivity contribution in [2.45, 2.75) is 20.4 Å². The fourth-order valence-corrected chi connectivity index (χ4v) is 1.84. The van der Waals surface area contributed by atoms with Crippen LogP contribution in [0.2, 0.25) is 0 Å². The lowest BCUT2D eigenvalue weighted by molar-refractivity contribution is 0.101. The lowest BCUT2D eigenvalue weighted by atomic mass is 10.1. The molecule has 0 saturated carbocycles. The predicted molar refractivity (Wildman–Crippen MR) is 73.3 cm³/mol. The molecule has 0 aliphatic rings. The minimum Gasteiger partial charge on any atom is -0.491 e. The minimum absolute atomic E-state index is 0.0545. The first-order chi connectivity index (χ1) is 9.08. The van der Waals surface area contributed by atoms with Crippen LogP contribution in [0.1, 0.15) is 23.1 Å². The Morgan fingerprint density at radius 2 is 2.26 bits per heavy atom. The van der Waals surface area contributed by atoms with Gasteiger partial charge in [-0.3, -0.25) is 4.79 Å². The third-order valence-electron chi connectivity index (χ3n) is 2.90. The number of ketones is 1. The highest BCUT2D eigenvalue weighted by Crippen LogP contribution is 2.22. The van der Waals surface area contributed by atoms with E-state index in [1.165, 1.54) is 6.92 Å². The molecule has 0 radical (unpaired) electrons. The number of rotatable bonds is 5. The number of aromatic nitrogens is 2. The highest BCUT2D eigenvalue weighted by Gasteiger charge is 2.09. The van der Waals surface area contributed by atoms with Crippen molar-refractivity contribution in [3.8, 4) is 5.75 Å². The van der Waals surface area contributed by atoms with E-state index in [1.807, 2.05) is 17.7 Å². The van der Waals surface area contributed by atoms with E-state index in [1.54, 1.807) is 24.4 Å². The van der Waals surface area contributed by atoms with Gasteiger partial charge in [0.1, 0.15) is 18.2 Å². The first-order valence-corrected chi connectivity index (χ1v) is 6.09. The minimum atomic E-state index is -0.0545. The molecule has 100 valence electrons. The molecule has 0 bridgehead atoms. The molecule has 2 rings (SSSR count). The van der Waals surface area contributed by atoms with Gasteiger partial charge in [0, 0.05) is 18.1 Å². The van der Waals surface area contributed by atoms with Gasteiger partial charge in [0.05, 0.1) is 12.1 Å². The highest BCUT2D eigenvalue weighted by atomic mass is 16.5. The molecule has 19 heavy (non-hydrogen) atoms. The quantitative estimate of drug-likeness (QED) is 0.659. The largest absolute Gasteiger partial charge is 0.491 e. The predicted octanol–water partition coefficient (Wildman–Crippen LogP) is 2.06. The summed E-state index contributed by atoms with van der Waals surface area (Å²) in [4.78, 5) is 15.7. The zero-order valence-electron chi connectivity index (χ0n) is 11.1. The van der Waals surface area contributed by atoms with E-state index in [-0.39, 0.29) is 5.78 Å². The van der Waals surface area contributed by atoms with E-state index in [0.717, 1.165) is 5.82 Å². The van der Waals surface area contributed by atoms with Crippen molar-refractivity contribution in [2.24, 2.45) is 0 Å². The van der Waals surface area contributed by atoms with E-state index in [9.17, 15) is 4.79 Å². The molecule has 0 unspecified atom stereocenters. The summed E-state index contributed by atoms with van der Waals surface area (Å²) < 4.78 is 7.65. The molecular formula is C14H17N3O2. The molecule has 5 heteroatoms. The number of nitrogen functional groups attached to an aromatic ring is 1. The van der Waals surface area contributed by atoms with Gasteiger partial charge in [-0.2, -0.15) is 0 Å². The maximum atomic E-state index is 11.5. The average molecular weight is 259 g/mol. The van der Waals surface area contributed by atoms with E-state index in [4.69, 9.17) is 10.5 Å². The first kappa shape index (κ1) is 13.1. The number of ether oxygens (including phenoxy) is 1. The number of nitrogens with zero attached hydrogens (tertiary/aromatic N) is 2. The van der Waals surface area contributed by atoms with E-state index < -0.39 is 0 Å². The Bertz CT molecular complexity index is 590. The van der Waals surface area contributed by atoms with Crippen LogP contribution in [0.3, 0.4) is 0 Å². The molecule has 0 atom stereocenters. The number of nitrogens with two attached hydrogens (primary N) is 1. The van der Waals surface area contributed by atoms with E-state index in [2.05, 4.69) is 4.98 Å². The number of benzene rings is 1. The number of imidazole rings is 1. The zero-order chi connectivity index (χ0) is 13.8. The number of anilines is 1. The van der Waals surface area contributed by atoms with Crippen molar-refractivity contribution in [3.63, 3.8) is 0 Å². The summed E-state index contributed by atoms with van der Waals surface area (Å²) in [6, 6.07) is 5.09. The molecule has 0 aliphatic heterocycles. The molecule has 0 spiro atoms. The molecule has 5 nitrogen and oxygen atoms in total. The second-order valence-electron chi connectivity index (χ2n) is 4.33. The summed E-state index contributed by atoms with van der Waals surface area (Å²) in [5.41, 5.74) is 6.75. The summed E-state index contributed by atoms with van der Waals surface area (Å²) in [5.74, 6) is 1.45. The van der Waals surface area contributed by atoms with Crippen molar-refractivity contribution in [3.05, 3.63) is 42.0 Å². The molecule has 0 amide bonds. The molecule has 1 heterocycles. The Labute approximate surface area is 112 Å². The van der Waals surface area contributed by atoms with Gasteiger partial charge < -0.3 is 15.0 Å². The molecule has 0 fully saturated rings. The topological polar surface area (TPSA) is 70.1 Å². The number of carbonyl (C=O) groups is 1. The maximum Gasteiger partial charge on any atom is 0.163 e. The van der Waals surface area contributed by atoms with Crippen molar-refractivity contribution in [1.29, 1.82) is 0 Å². The van der Waals surface area contributed by atoms with Crippen molar-refractivity contribution in [1.82, 2.24) is 9.55 Å². The van der Waals surface area contributed by atoms with Gasteiger partial charge in [-0.1, -0.05) is 0 Å². The lowest BCUT2D eigenvalue weighted by Gasteiger charge is -2.11. The van der Waals surface area contributed by atoms with Crippen LogP contribution in [0, 0.1) is 6.92 Å². The highest BCUT2D eigenvalue weighted by molar-refractivity contribution is 5.97. The first-order valence-electron chi connectivity index (χ1n) is 6.09. The summed E-state index contributed by atoms with van der Waals surface area (Å²) in [5, 5.41) is 0. The second kappa shape index (κ2) is 5.56. The number of aryl methyl sites for hydroxylation is 1. The third-order valence-corrected chi connectivity index (χ3v) is 2.90. The number of hydrogen-bond donors (Lipinski definition) is 1. The summed E-state index contributed by atoms with van der Waals surface area (Å²) in [6.07, 6.45) is 3.65. The molecule has 0 saturated heterocycles. The van der Waals surface area contributed by atoms with Crippen molar-refractivity contribution < 1.29 is 9.53 Å². The lowest BCUT2D eigenvalue weighted by Crippen LogP contribution is -2.10. The van der Waals surface area contributed by atoms with E-state index in [0.29, 0.717) is 30.2 Å². The fraction of sp³-hybridized carbons (Fsp3) is 0.286. The third kappa shape index (κ3) is 3.13. The molecule has 1 aromatic heterocycles. The second-order valence-corrected chi connectivity index (χ2v) is 4.33. The number of hydrogen-bond acceptors (Lipinski definition) is 4. The van der Waals surface area contributed by atoms with Crippen LogP contribution >= 0.6 is 0 Å². The van der Waals surface area contributed by atoms with Gasteiger partial charge in [-0.15, -0.1) is 0 Å². The van der Waals surface area contributed by atoms with Gasteiger partial charge in [0.25, 0.3) is 0 Å². The van der Waals surface area contributed by atoms with Crippen LogP contribution < -0.4 is 10.5 Å². The normalized spacial score (nSPS) is 10.4. The maximum absolute atomic E-state index is 11.5. The monoisotopic (exact) mass is 259 g/mol. The standard InChI is InChI=1S/C14H17N3O2/c1-10(18)13-9-12(15)3-4-14(13)19-8-7-17-6-5-16-11(17)2/h3-6,9H,7-8,15H2,1-2H3. The van der Waals surface area contributed by atoms with Gasteiger partial charge in [0.2, 0.25) is 0 Å². The summed E-state index contributed by atoms with van der Waals surface area (Å²) in [7, 11) is 0. The Morgan fingerprint density at radius 1 is 1.47 bits per heavy atom.